The fraction of sp³-hybridized carbons (Fsp3) is 0.962. The molecular weight excluding hydrogens is 438 g/mol. The van der Waals surface area contributed by atoms with Crippen LogP contribution in [-0.2, 0) is 14.9 Å². The highest BCUT2D eigenvalue weighted by molar-refractivity contribution is 7.85. The zero-order valence-electron chi connectivity index (χ0n) is 20.8. The van der Waals surface area contributed by atoms with Gasteiger partial charge in [0.2, 0.25) is 5.91 Å². The van der Waals surface area contributed by atoms with Crippen LogP contribution in [0.1, 0.15) is 91.4 Å². The molecule has 0 aromatic heterocycles. The lowest BCUT2D eigenvalue weighted by atomic mass is 9.44. The third-order valence-electron chi connectivity index (χ3n) is 10.9. The molecule has 190 valence electrons. The van der Waals surface area contributed by atoms with Crippen molar-refractivity contribution >= 4 is 16.0 Å². The topological polar surface area (TPSA) is 104 Å². The molecular formula is C26H45NO5S. The second kappa shape index (κ2) is 9.42. The molecule has 0 unspecified atom stereocenters. The fourth-order valence-corrected chi connectivity index (χ4v) is 9.56. The van der Waals surface area contributed by atoms with Gasteiger partial charge in [0, 0.05) is 13.0 Å². The predicted molar refractivity (Wildman–Crippen MR) is 129 cm³/mol. The zero-order valence-corrected chi connectivity index (χ0v) is 21.6. The van der Waals surface area contributed by atoms with Gasteiger partial charge in [0.05, 0.1) is 11.9 Å². The van der Waals surface area contributed by atoms with Crippen molar-refractivity contribution in [3.8, 4) is 0 Å². The van der Waals surface area contributed by atoms with E-state index in [1.807, 2.05) is 0 Å². The van der Waals surface area contributed by atoms with E-state index in [0.29, 0.717) is 47.3 Å². The molecule has 0 heterocycles. The van der Waals surface area contributed by atoms with Gasteiger partial charge in [-0.05, 0) is 97.7 Å². The van der Waals surface area contributed by atoms with E-state index in [-0.39, 0.29) is 24.0 Å². The largest absolute Gasteiger partial charge is 0.393 e. The average molecular weight is 484 g/mol. The van der Waals surface area contributed by atoms with Gasteiger partial charge in [-0.25, -0.2) is 0 Å². The van der Waals surface area contributed by atoms with Crippen molar-refractivity contribution in [3.63, 3.8) is 0 Å². The van der Waals surface area contributed by atoms with Crippen molar-refractivity contribution in [1.82, 2.24) is 5.32 Å². The highest BCUT2D eigenvalue weighted by Crippen LogP contribution is 2.68. The van der Waals surface area contributed by atoms with Crippen molar-refractivity contribution in [3.05, 3.63) is 0 Å². The van der Waals surface area contributed by atoms with Crippen LogP contribution in [0.3, 0.4) is 0 Å². The Balaban J connectivity index is 1.38. The number of carbonyl (C=O) groups excluding carboxylic acids is 1. The van der Waals surface area contributed by atoms with Crippen LogP contribution in [0.5, 0.6) is 0 Å². The molecule has 6 nitrogen and oxygen atoms in total. The quantitative estimate of drug-likeness (QED) is 0.465. The number of fused-ring (bicyclic) bond motifs is 5. The average Bonchev–Trinajstić information content (AvgIpc) is 3.08. The highest BCUT2D eigenvalue weighted by atomic mass is 32.2. The van der Waals surface area contributed by atoms with Gasteiger partial charge >= 0.3 is 0 Å². The summed E-state index contributed by atoms with van der Waals surface area (Å²) in [6, 6.07) is 0. The Morgan fingerprint density at radius 2 is 1.79 bits per heavy atom. The van der Waals surface area contributed by atoms with Crippen molar-refractivity contribution in [2.24, 2.45) is 46.3 Å². The Bertz CT molecular complexity index is 831. The molecule has 0 saturated heterocycles. The number of hydrogen-bond acceptors (Lipinski definition) is 4. The highest BCUT2D eigenvalue weighted by Gasteiger charge is 2.62. The fourth-order valence-electron chi connectivity index (χ4n) is 9.20. The summed E-state index contributed by atoms with van der Waals surface area (Å²) in [5, 5.41) is 14.0. The van der Waals surface area contributed by atoms with Gasteiger partial charge in [-0.2, -0.15) is 8.42 Å². The van der Waals surface area contributed by atoms with Crippen LogP contribution >= 0.6 is 0 Å². The van der Waals surface area contributed by atoms with Crippen molar-refractivity contribution in [2.45, 2.75) is 97.5 Å². The zero-order chi connectivity index (χ0) is 24.0. The Morgan fingerprint density at radius 3 is 2.52 bits per heavy atom. The summed E-state index contributed by atoms with van der Waals surface area (Å²) in [6.45, 7) is 7.23. The van der Waals surface area contributed by atoms with E-state index in [0.717, 1.165) is 12.8 Å². The molecule has 7 heteroatoms. The maximum absolute atomic E-state index is 12.2. The minimum atomic E-state index is -4.05. The smallest absolute Gasteiger partial charge is 0.266 e. The van der Waals surface area contributed by atoms with Gasteiger partial charge < -0.3 is 10.4 Å². The van der Waals surface area contributed by atoms with Crippen LogP contribution in [0.15, 0.2) is 0 Å². The van der Waals surface area contributed by atoms with E-state index in [2.05, 4.69) is 26.1 Å². The summed E-state index contributed by atoms with van der Waals surface area (Å²) >= 11 is 0. The van der Waals surface area contributed by atoms with Gasteiger partial charge in [-0.3, -0.25) is 9.35 Å². The molecule has 0 aliphatic heterocycles. The summed E-state index contributed by atoms with van der Waals surface area (Å²) in [4.78, 5) is 12.2. The van der Waals surface area contributed by atoms with Gasteiger partial charge in [0.1, 0.15) is 0 Å². The molecule has 0 radical (unpaired) electrons. The molecule has 4 aliphatic rings. The molecule has 0 bridgehead atoms. The van der Waals surface area contributed by atoms with Crippen molar-refractivity contribution in [1.29, 1.82) is 0 Å². The van der Waals surface area contributed by atoms with E-state index in [4.69, 9.17) is 4.55 Å². The van der Waals surface area contributed by atoms with Gasteiger partial charge in [-0.1, -0.05) is 33.6 Å². The van der Waals surface area contributed by atoms with Crippen LogP contribution in [0.25, 0.3) is 0 Å². The second-order valence-corrected chi connectivity index (χ2v) is 14.0. The summed E-state index contributed by atoms with van der Waals surface area (Å²) in [7, 11) is -4.05. The lowest BCUT2D eigenvalue weighted by Crippen LogP contribution is -2.57. The van der Waals surface area contributed by atoms with E-state index in [9.17, 15) is 18.3 Å². The molecule has 0 aromatic rings. The molecule has 4 fully saturated rings. The molecule has 4 rings (SSSR count). The molecule has 9 atom stereocenters. The van der Waals surface area contributed by atoms with E-state index in [1.54, 1.807) is 0 Å². The van der Waals surface area contributed by atoms with E-state index >= 15 is 0 Å². The summed E-state index contributed by atoms with van der Waals surface area (Å²) < 4.78 is 30.5. The standard InChI is InChI=1S/C26H45NO5S/c1-17(7-10-23(29)27-14-15-33(30,31)32)19-8-9-20-24-21(11-13-26(19,20)3)25(2)12-5-4-6-18(25)16-22(24)28/h17-22,24,28H,4-16H2,1-3H3,(H,27,29)(H,30,31,32)/t17-,18+,19-,20+,21+,22+,24+,25+,26-/m1/s1. The van der Waals surface area contributed by atoms with Crippen LogP contribution in [0.2, 0.25) is 0 Å². The molecule has 3 N–H and O–H groups in total. The second-order valence-electron chi connectivity index (χ2n) is 12.4. The van der Waals surface area contributed by atoms with Gasteiger partial charge in [-0.15, -0.1) is 0 Å². The van der Waals surface area contributed by atoms with E-state index in [1.165, 1.54) is 51.4 Å². The number of carbonyl (C=O) groups is 1. The first-order valence-corrected chi connectivity index (χ1v) is 15.0. The monoisotopic (exact) mass is 483 g/mol. The van der Waals surface area contributed by atoms with Crippen molar-refractivity contribution in [2.75, 3.05) is 12.3 Å². The SMILES string of the molecule is C[C@H](CCC(=O)NCCS(=O)(=O)O)[C@H]1CC[C@H]2[C@@H]3[C@@H](O)C[C@@H]4CCCC[C@]4(C)[C@H]3CC[C@]12C. The van der Waals surface area contributed by atoms with Crippen LogP contribution in [0, 0.1) is 46.3 Å². The number of nitrogens with one attached hydrogen (secondary N) is 1. The Morgan fingerprint density at radius 1 is 1.06 bits per heavy atom. The van der Waals surface area contributed by atoms with Gasteiger partial charge in [0.25, 0.3) is 10.1 Å². The maximum Gasteiger partial charge on any atom is 0.266 e. The summed E-state index contributed by atoms with van der Waals surface area (Å²) in [5.74, 6) is 2.77. The Kier molecular flexibility index (Phi) is 7.26. The van der Waals surface area contributed by atoms with E-state index < -0.39 is 15.9 Å². The minimum absolute atomic E-state index is 0.0457. The molecule has 4 saturated carbocycles. The van der Waals surface area contributed by atoms with Crippen LogP contribution < -0.4 is 5.32 Å². The lowest BCUT2D eigenvalue weighted by Gasteiger charge is -2.62. The van der Waals surface area contributed by atoms with Gasteiger partial charge in [0.15, 0.2) is 0 Å². The Labute approximate surface area is 200 Å². The third kappa shape index (κ3) is 4.88. The maximum atomic E-state index is 12.2. The summed E-state index contributed by atoms with van der Waals surface area (Å²) in [6.07, 6.45) is 12.2. The minimum Gasteiger partial charge on any atom is -0.393 e. The predicted octanol–water partition coefficient (Wildman–Crippen LogP) is 4.43. The first kappa shape index (κ1) is 25.4. The van der Waals surface area contributed by atoms with Crippen molar-refractivity contribution < 1.29 is 22.9 Å². The molecule has 0 spiro atoms. The number of rotatable bonds is 7. The number of aliphatic hydroxyl groups excluding tert-OH is 1. The summed E-state index contributed by atoms with van der Waals surface area (Å²) in [5.41, 5.74) is 0.647. The number of aliphatic hydroxyl groups is 1. The van der Waals surface area contributed by atoms with Crippen LogP contribution in [-0.4, -0.2) is 42.4 Å². The normalized spacial score (nSPS) is 43.8. The first-order valence-electron chi connectivity index (χ1n) is 13.4. The molecule has 1 amide bonds. The molecule has 33 heavy (non-hydrogen) atoms. The third-order valence-corrected chi connectivity index (χ3v) is 11.6. The van der Waals surface area contributed by atoms with Crippen LogP contribution in [0.4, 0.5) is 0 Å². The molecule has 0 aromatic carbocycles. The number of hydrogen-bond donors (Lipinski definition) is 3. The number of amides is 1. The lowest BCUT2D eigenvalue weighted by molar-refractivity contribution is -0.164. The first-order chi connectivity index (χ1) is 15.5. The molecule has 4 aliphatic carbocycles. The Hall–Kier alpha value is -0.660.